The lowest BCUT2D eigenvalue weighted by molar-refractivity contribution is -0.129. The van der Waals surface area contributed by atoms with Gasteiger partial charge in [-0.25, -0.2) is 9.38 Å². The maximum atomic E-state index is 13.3. The minimum Gasteiger partial charge on any atom is -0.486 e. The van der Waals surface area contributed by atoms with Crippen LogP contribution in [0.5, 0.6) is 0 Å². The molecule has 0 bridgehead atoms. The van der Waals surface area contributed by atoms with Gasteiger partial charge in [-0.1, -0.05) is 42.4 Å². The molecular formula is C26H29ClFN5O2. The summed E-state index contributed by atoms with van der Waals surface area (Å²) in [5.74, 6) is -0.732. The van der Waals surface area contributed by atoms with Gasteiger partial charge in [0, 0.05) is 56.4 Å². The van der Waals surface area contributed by atoms with E-state index in [1.54, 1.807) is 14.2 Å². The monoisotopic (exact) mass is 497 g/mol. The fourth-order valence-corrected chi connectivity index (χ4v) is 5.01. The predicted molar refractivity (Wildman–Crippen MR) is 140 cm³/mol. The topological polar surface area (TPSA) is 60.7 Å². The van der Waals surface area contributed by atoms with E-state index in [0.717, 1.165) is 46.5 Å². The second-order valence-electron chi connectivity index (χ2n) is 8.41. The molecule has 0 saturated carbocycles. The largest absolute Gasteiger partial charge is 0.486 e. The lowest BCUT2D eigenvalue weighted by Crippen LogP contribution is -2.51. The molecule has 2 aliphatic heterocycles. The Bertz CT molecular complexity index is 1210. The Hall–Kier alpha value is -3.39. The van der Waals surface area contributed by atoms with E-state index in [9.17, 15) is 9.18 Å². The number of hydrogen-bond acceptors (Lipinski definition) is 5. The lowest BCUT2D eigenvalue weighted by Gasteiger charge is -2.39. The average molecular weight is 498 g/mol. The number of anilines is 1. The van der Waals surface area contributed by atoms with E-state index >= 15 is 0 Å². The molecule has 2 aliphatic rings. The van der Waals surface area contributed by atoms with Crippen molar-refractivity contribution in [1.29, 1.82) is 0 Å². The van der Waals surface area contributed by atoms with Gasteiger partial charge in [0.05, 0.1) is 24.4 Å². The first-order chi connectivity index (χ1) is 16.9. The average Bonchev–Trinajstić information content (AvgIpc) is 2.88. The first-order valence-corrected chi connectivity index (χ1v) is 11.9. The van der Waals surface area contributed by atoms with Crippen molar-refractivity contribution in [3.05, 3.63) is 65.1 Å². The summed E-state index contributed by atoms with van der Waals surface area (Å²) in [6.45, 7) is 6.39. The highest BCUT2D eigenvalue weighted by atomic mass is 35.5. The molecule has 0 atom stereocenters. The van der Waals surface area contributed by atoms with Gasteiger partial charge in [0.2, 0.25) is 0 Å². The van der Waals surface area contributed by atoms with Gasteiger partial charge < -0.3 is 19.4 Å². The molecule has 2 aromatic carbocycles. The molecule has 1 amide bonds. The Kier molecular flexibility index (Phi) is 7.70. The predicted octanol–water partition coefficient (Wildman–Crippen LogP) is 4.29. The van der Waals surface area contributed by atoms with Crippen molar-refractivity contribution in [2.24, 2.45) is 9.98 Å². The molecule has 1 saturated heterocycles. The van der Waals surface area contributed by atoms with Crippen LogP contribution >= 0.6 is 11.6 Å². The van der Waals surface area contributed by atoms with Crippen molar-refractivity contribution in [2.75, 3.05) is 58.3 Å². The summed E-state index contributed by atoms with van der Waals surface area (Å²) in [6, 6.07) is 12.1. The van der Waals surface area contributed by atoms with E-state index < -0.39 is 11.7 Å². The van der Waals surface area contributed by atoms with Crippen LogP contribution in [0.15, 0.2) is 70.1 Å². The van der Waals surface area contributed by atoms with E-state index in [-0.39, 0.29) is 0 Å². The quantitative estimate of drug-likeness (QED) is 0.351. The maximum absolute atomic E-state index is 13.3. The first kappa shape index (κ1) is 24.7. The molecule has 0 N–H and O–H groups in total. The number of carbonyl (C=O) groups excluding carboxylic acids is 1. The van der Waals surface area contributed by atoms with Crippen LogP contribution in [0.3, 0.4) is 0 Å². The van der Waals surface area contributed by atoms with Crippen LogP contribution in [0.25, 0.3) is 10.8 Å². The van der Waals surface area contributed by atoms with Crippen molar-refractivity contribution in [1.82, 2.24) is 9.80 Å². The first-order valence-electron chi connectivity index (χ1n) is 11.5. The van der Waals surface area contributed by atoms with Gasteiger partial charge in [-0.3, -0.25) is 9.79 Å². The molecule has 0 spiro atoms. The van der Waals surface area contributed by atoms with Crippen LogP contribution in [0.2, 0.25) is 5.02 Å². The number of piperazine rings is 1. The van der Waals surface area contributed by atoms with Crippen LogP contribution in [-0.2, 0) is 9.53 Å². The summed E-state index contributed by atoms with van der Waals surface area (Å²) in [6.07, 6.45) is 2.16. The summed E-state index contributed by atoms with van der Waals surface area (Å²) >= 11 is 6.59. The number of fused-ring (bicyclic) bond motifs is 1. The highest BCUT2D eigenvalue weighted by molar-refractivity contribution is 6.36. The Morgan fingerprint density at radius 1 is 1.11 bits per heavy atom. The number of rotatable bonds is 5. The van der Waals surface area contributed by atoms with E-state index in [0.29, 0.717) is 37.7 Å². The highest BCUT2D eigenvalue weighted by Crippen LogP contribution is 2.35. The third-order valence-corrected chi connectivity index (χ3v) is 6.70. The van der Waals surface area contributed by atoms with E-state index in [4.69, 9.17) is 16.3 Å². The fraction of sp³-hybridized carbons (Fsp3) is 0.346. The van der Waals surface area contributed by atoms with Crippen LogP contribution in [0.4, 0.5) is 10.1 Å². The van der Waals surface area contributed by atoms with Gasteiger partial charge in [-0.05, 0) is 23.9 Å². The Morgan fingerprint density at radius 2 is 1.80 bits per heavy atom. The Balaban J connectivity index is 1.62. The van der Waals surface area contributed by atoms with Crippen LogP contribution < -0.4 is 4.90 Å². The van der Waals surface area contributed by atoms with Crippen molar-refractivity contribution in [3.8, 4) is 0 Å². The third kappa shape index (κ3) is 5.17. The van der Waals surface area contributed by atoms with Gasteiger partial charge in [-0.15, -0.1) is 0 Å². The van der Waals surface area contributed by atoms with E-state index in [2.05, 4.69) is 44.6 Å². The molecular weight excluding hydrogens is 469 g/mol. The molecule has 4 rings (SSSR count). The number of carbonyl (C=O) groups is 1. The molecule has 2 heterocycles. The SMILES string of the molecule is C=C(F)C(=O)N1CCN(C(=NC)C2=C(N=COC)CN(c3cccc4cccc(Cl)c34)CC2)CC1. The molecule has 35 heavy (non-hydrogen) atoms. The molecule has 0 radical (unpaired) electrons. The highest BCUT2D eigenvalue weighted by Gasteiger charge is 2.29. The normalized spacial score (nSPS) is 17.5. The Labute approximate surface area is 209 Å². The van der Waals surface area contributed by atoms with Gasteiger partial charge in [-0.2, -0.15) is 0 Å². The Morgan fingerprint density at radius 3 is 2.46 bits per heavy atom. The molecule has 1 fully saturated rings. The number of ether oxygens (including phenoxy) is 1. The van der Waals surface area contributed by atoms with Crippen molar-refractivity contribution in [3.63, 3.8) is 0 Å². The number of nitrogens with zero attached hydrogens (tertiary/aromatic N) is 5. The number of aliphatic imine (C=N–C) groups is 2. The summed E-state index contributed by atoms with van der Waals surface area (Å²) in [5, 5.41) is 2.83. The second kappa shape index (κ2) is 10.9. The zero-order valence-electron chi connectivity index (χ0n) is 20.0. The number of methoxy groups -OCH3 is 1. The summed E-state index contributed by atoms with van der Waals surface area (Å²) < 4.78 is 18.4. The molecule has 0 aromatic heterocycles. The molecule has 9 heteroatoms. The summed E-state index contributed by atoms with van der Waals surface area (Å²) in [4.78, 5) is 27.1. The minimum absolute atomic E-state index is 0.408. The molecule has 2 aromatic rings. The van der Waals surface area contributed by atoms with Crippen LogP contribution in [0, 0.1) is 0 Å². The number of halogens is 2. The zero-order valence-corrected chi connectivity index (χ0v) is 20.8. The van der Waals surface area contributed by atoms with Gasteiger partial charge >= 0.3 is 0 Å². The minimum atomic E-state index is -0.928. The fourth-order valence-electron chi connectivity index (χ4n) is 4.73. The van der Waals surface area contributed by atoms with Crippen LogP contribution in [0.1, 0.15) is 6.42 Å². The summed E-state index contributed by atoms with van der Waals surface area (Å²) in [5.41, 5.74) is 2.96. The number of amidine groups is 1. The van der Waals surface area contributed by atoms with Crippen molar-refractivity contribution in [2.45, 2.75) is 6.42 Å². The standard InChI is InChI=1S/C26H29ClFN5O2/c1-18(28)26(34)32-14-12-31(13-15-32)25(29-2)20-10-11-33(16-22(20)30-17-35-3)23-9-5-7-19-6-4-8-21(27)24(19)23/h4-9,17H,1,10-16H2,2-3H3. The maximum Gasteiger partial charge on any atom is 0.282 e. The molecule has 184 valence electrons. The second-order valence-corrected chi connectivity index (χ2v) is 8.82. The molecule has 0 unspecified atom stereocenters. The molecule has 0 aliphatic carbocycles. The van der Waals surface area contributed by atoms with Gasteiger partial charge in [0.15, 0.2) is 12.2 Å². The zero-order chi connectivity index (χ0) is 24.9. The van der Waals surface area contributed by atoms with Gasteiger partial charge in [0.1, 0.15) is 5.84 Å². The van der Waals surface area contributed by atoms with Gasteiger partial charge in [0.25, 0.3) is 5.91 Å². The van der Waals surface area contributed by atoms with Crippen LogP contribution in [-0.4, -0.2) is 81.4 Å². The van der Waals surface area contributed by atoms with Crippen molar-refractivity contribution < 1.29 is 13.9 Å². The number of amides is 1. The lowest BCUT2D eigenvalue weighted by atomic mass is 10.0. The van der Waals surface area contributed by atoms with E-state index in [1.807, 2.05) is 18.2 Å². The third-order valence-electron chi connectivity index (χ3n) is 6.39. The number of benzene rings is 2. The van der Waals surface area contributed by atoms with Crippen molar-refractivity contribution >= 4 is 46.2 Å². The summed E-state index contributed by atoms with van der Waals surface area (Å²) in [7, 11) is 3.33. The molecule has 7 nitrogen and oxygen atoms in total. The smallest absolute Gasteiger partial charge is 0.282 e. The number of hydrogen-bond donors (Lipinski definition) is 0. The van der Waals surface area contributed by atoms with E-state index in [1.165, 1.54) is 11.3 Å².